The van der Waals surface area contributed by atoms with E-state index in [1.807, 2.05) is 6.07 Å². The molecule has 7 nitrogen and oxygen atoms in total. The van der Waals surface area contributed by atoms with Crippen molar-refractivity contribution < 1.29 is 19.4 Å². The molecule has 2 aromatic rings. The zero-order chi connectivity index (χ0) is 18.6. The molecule has 0 amide bonds. The van der Waals surface area contributed by atoms with Crippen molar-refractivity contribution in [1.29, 1.82) is 5.26 Å². The first kappa shape index (κ1) is 17.6. The topological polar surface area (TPSA) is 110 Å². The summed E-state index contributed by atoms with van der Waals surface area (Å²) in [5.41, 5.74) is 0.574. The molecule has 126 valence electrons. The number of aliphatic carboxylic acids is 1. The van der Waals surface area contributed by atoms with Crippen LogP contribution in [0.3, 0.4) is 0 Å². The van der Waals surface area contributed by atoms with Gasteiger partial charge in [0.25, 0.3) is 0 Å². The van der Waals surface area contributed by atoms with E-state index in [2.05, 4.69) is 16.7 Å². The number of anilines is 1. The van der Waals surface area contributed by atoms with E-state index in [4.69, 9.17) is 5.11 Å². The van der Waals surface area contributed by atoms with Crippen molar-refractivity contribution in [3.8, 4) is 22.9 Å². The zero-order valence-corrected chi connectivity index (χ0v) is 13.1. The number of hydrogen-bond acceptors (Lipinski definition) is 6. The van der Waals surface area contributed by atoms with Crippen molar-refractivity contribution >= 4 is 18.0 Å². The second-order valence-electron chi connectivity index (χ2n) is 4.96. The molecule has 2 rings (SSSR count). The van der Waals surface area contributed by atoms with Crippen LogP contribution in [-0.2, 0) is 4.79 Å². The van der Waals surface area contributed by atoms with E-state index in [9.17, 15) is 19.6 Å². The molecule has 0 fully saturated rings. The van der Waals surface area contributed by atoms with Gasteiger partial charge in [0.05, 0.1) is 23.4 Å². The van der Waals surface area contributed by atoms with Gasteiger partial charge in [0.15, 0.2) is 0 Å². The molecule has 0 aliphatic heterocycles. The van der Waals surface area contributed by atoms with E-state index in [1.54, 1.807) is 0 Å². The van der Waals surface area contributed by atoms with Crippen LogP contribution in [0.15, 0.2) is 47.7 Å². The number of benzene rings is 1. The minimum Gasteiger partial charge on any atom is -0.507 e. The summed E-state index contributed by atoms with van der Waals surface area (Å²) in [7, 11) is 1.52. The van der Waals surface area contributed by atoms with E-state index < -0.39 is 11.8 Å². The average molecular weight is 340 g/mol. The molecule has 0 radical (unpaired) electrons. The number of aromatic nitrogens is 1. The van der Waals surface area contributed by atoms with Crippen molar-refractivity contribution in [1.82, 2.24) is 4.98 Å². The Bertz CT molecular complexity index is 919. The van der Waals surface area contributed by atoms with Crippen molar-refractivity contribution in [3.63, 3.8) is 0 Å². The Morgan fingerprint density at radius 3 is 2.76 bits per heavy atom. The molecule has 0 aliphatic rings. The molecule has 2 N–H and O–H groups in total. The summed E-state index contributed by atoms with van der Waals surface area (Å²) in [5, 5.41) is 33.1. The smallest absolute Gasteiger partial charge is 0.336 e. The van der Waals surface area contributed by atoms with E-state index in [0.717, 1.165) is 18.3 Å². The second-order valence-corrected chi connectivity index (χ2v) is 4.96. The molecule has 1 aromatic heterocycles. The lowest BCUT2D eigenvalue weighted by Crippen LogP contribution is -2.12. The summed E-state index contributed by atoms with van der Waals surface area (Å²) in [6.07, 6.45) is 2.40. The number of carboxylic acids is 1. The van der Waals surface area contributed by atoms with Gasteiger partial charge in [0.1, 0.15) is 17.4 Å². The van der Waals surface area contributed by atoms with Gasteiger partial charge in [-0.3, -0.25) is 5.01 Å². The lowest BCUT2D eigenvalue weighted by atomic mass is 10.0. The van der Waals surface area contributed by atoms with Crippen molar-refractivity contribution in [2.45, 2.75) is 0 Å². The Hall–Kier alpha value is -3.73. The number of aromatic hydroxyl groups is 1. The number of nitrogens with zero attached hydrogens (tertiary/aromatic N) is 4. The van der Waals surface area contributed by atoms with E-state index in [0.29, 0.717) is 5.56 Å². The summed E-state index contributed by atoms with van der Waals surface area (Å²) in [5.74, 6) is -1.84. The number of phenols is 1. The van der Waals surface area contributed by atoms with Gasteiger partial charge in [0.2, 0.25) is 0 Å². The Kier molecular flexibility index (Phi) is 5.09. The van der Waals surface area contributed by atoms with Gasteiger partial charge in [-0.1, -0.05) is 6.58 Å². The first-order chi connectivity index (χ1) is 11.8. The maximum absolute atomic E-state index is 13.1. The largest absolute Gasteiger partial charge is 0.507 e. The monoisotopic (exact) mass is 340 g/mol. The molecule has 8 heteroatoms. The van der Waals surface area contributed by atoms with Gasteiger partial charge in [-0.2, -0.15) is 10.4 Å². The molecule has 0 aliphatic carbocycles. The van der Waals surface area contributed by atoms with Crippen molar-refractivity contribution in [2.75, 3.05) is 12.1 Å². The number of nitriles is 1. The summed E-state index contributed by atoms with van der Waals surface area (Å²) >= 11 is 0. The van der Waals surface area contributed by atoms with E-state index in [-0.39, 0.29) is 28.3 Å². The van der Waals surface area contributed by atoms with Crippen LogP contribution >= 0.6 is 0 Å². The average Bonchev–Trinajstić information content (AvgIpc) is 2.58. The number of rotatable bonds is 5. The third kappa shape index (κ3) is 3.97. The summed E-state index contributed by atoms with van der Waals surface area (Å²) in [6, 6.07) is 6.85. The standard InChI is InChI=1S/C17H13FN4O3/c1-10(17(24)25)8-21-22(2)16-5-11(7-19)14(9-20-16)13-4-3-12(18)6-15(13)23/h3-6,8-9,23H,1H2,2H3,(H,24,25)/b21-8-. The molecule has 1 heterocycles. The Morgan fingerprint density at radius 2 is 2.16 bits per heavy atom. The highest BCUT2D eigenvalue weighted by molar-refractivity contribution is 6.07. The van der Waals surface area contributed by atoms with Crippen LogP contribution in [0.1, 0.15) is 5.56 Å². The Balaban J connectivity index is 2.38. The predicted molar refractivity (Wildman–Crippen MR) is 89.7 cm³/mol. The van der Waals surface area contributed by atoms with Crippen LogP contribution in [0.5, 0.6) is 5.75 Å². The van der Waals surface area contributed by atoms with Crippen molar-refractivity contribution in [2.24, 2.45) is 5.10 Å². The molecule has 0 bridgehead atoms. The second kappa shape index (κ2) is 7.23. The molecule has 0 saturated heterocycles. The fourth-order valence-corrected chi connectivity index (χ4v) is 1.93. The minimum absolute atomic E-state index is 0.186. The van der Waals surface area contributed by atoms with Crippen LogP contribution in [0.4, 0.5) is 10.2 Å². The first-order valence-electron chi connectivity index (χ1n) is 6.92. The van der Waals surface area contributed by atoms with Crippen molar-refractivity contribution in [3.05, 3.63) is 54.0 Å². The van der Waals surface area contributed by atoms with Crippen LogP contribution in [0, 0.1) is 17.1 Å². The normalized spacial score (nSPS) is 10.4. The van der Waals surface area contributed by atoms with Crippen LogP contribution in [0.2, 0.25) is 0 Å². The summed E-state index contributed by atoms with van der Waals surface area (Å²) in [4.78, 5) is 14.8. The first-order valence-corrected chi connectivity index (χ1v) is 6.92. The maximum atomic E-state index is 13.1. The van der Waals surface area contributed by atoms with Gasteiger partial charge in [0, 0.05) is 36.5 Å². The van der Waals surface area contributed by atoms with Crippen LogP contribution in [-0.4, -0.2) is 34.4 Å². The number of halogens is 1. The van der Waals surface area contributed by atoms with Crippen LogP contribution in [0.25, 0.3) is 11.1 Å². The van der Waals surface area contributed by atoms with Gasteiger partial charge in [-0.05, 0) is 12.1 Å². The van der Waals surface area contributed by atoms with Gasteiger partial charge in [-0.25, -0.2) is 14.2 Å². The number of hydrogen-bond donors (Lipinski definition) is 2. The highest BCUT2D eigenvalue weighted by Crippen LogP contribution is 2.32. The Morgan fingerprint density at radius 1 is 1.44 bits per heavy atom. The fourth-order valence-electron chi connectivity index (χ4n) is 1.93. The highest BCUT2D eigenvalue weighted by atomic mass is 19.1. The molecule has 0 saturated carbocycles. The molecular formula is C17H13FN4O3. The molecule has 25 heavy (non-hydrogen) atoms. The number of hydrazone groups is 1. The van der Waals surface area contributed by atoms with E-state index in [1.165, 1.54) is 30.4 Å². The Labute approximate surface area is 142 Å². The third-order valence-electron chi connectivity index (χ3n) is 3.25. The van der Waals surface area contributed by atoms with Gasteiger partial charge >= 0.3 is 5.97 Å². The number of carbonyl (C=O) groups is 1. The molecule has 1 aromatic carbocycles. The molecule has 0 unspecified atom stereocenters. The predicted octanol–water partition coefficient (Wildman–Crippen LogP) is 2.53. The van der Waals surface area contributed by atoms with Gasteiger partial charge < -0.3 is 10.2 Å². The SMILES string of the molecule is C=C(/C=N\N(C)c1cc(C#N)c(-c2ccc(F)cc2O)cn1)C(=O)O. The molecular weight excluding hydrogens is 327 g/mol. The lowest BCUT2D eigenvalue weighted by Gasteiger charge is -2.14. The maximum Gasteiger partial charge on any atom is 0.336 e. The van der Waals surface area contributed by atoms with E-state index >= 15 is 0 Å². The number of pyridine rings is 1. The fraction of sp³-hybridized carbons (Fsp3) is 0.0588. The summed E-state index contributed by atoms with van der Waals surface area (Å²) < 4.78 is 13.1. The highest BCUT2D eigenvalue weighted by Gasteiger charge is 2.13. The number of phenolic OH excluding ortho intramolecular Hbond substituents is 1. The zero-order valence-electron chi connectivity index (χ0n) is 13.1. The minimum atomic E-state index is -1.20. The lowest BCUT2D eigenvalue weighted by molar-refractivity contribution is -0.131. The quantitative estimate of drug-likeness (QED) is 0.492. The summed E-state index contributed by atoms with van der Waals surface area (Å²) in [6.45, 7) is 3.32. The third-order valence-corrected chi connectivity index (χ3v) is 3.25. The van der Waals surface area contributed by atoms with Gasteiger partial charge in [-0.15, -0.1) is 0 Å². The van der Waals surface area contributed by atoms with Crippen LogP contribution < -0.4 is 5.01 Å². The number of carboxylic acid groups (broad SMARTS) is 1. The molecule has 0 spiro atoms. The molecule has 0 atom stereocenters.